The van der Waals surface area contributed by atoms with Crippen LogP contribution in [0.5, 0.6) is 0 Å². The van der Waals surface area contributed by atoms with Crippen molar-refractivity contribution in [2.75, 3.05) is 4.90 Å². The summed E-state index contributed by atoms with van der Waals surface area (Å²) >= 11 is 0. The van der Waals surface area contributed by atoms with Crippen LogP contribution in [0.4, 0.5) is 17.1 Å². The molecule has 0 N–H and O–H groups in total. The van der Waals surface area contributed by atoms with Crippen LogP contribution >= 0.6 is 0 Å². The minimum absolute atomic E-state index is 0.0309. The number of benzene rings is 11. The van der Waals surface area contributed by atoms with Crippen molar-refractivity contribution in [3.8, 4) is 44.5 Å². The van der Waals surface area contributed by atoms with Crippen molar-refractivity contribution < 1.29 is 0 Å². The van der Waals surface area contributed by atoms with Crippen LogP contribution in [0.3, 0.4) is 0 Å². The first kappa shape index (κ1) is 45.4. The largest absolute Gasteiger partial charge is 0.310 e. The van der Waals surface area contributed by atoms with Crippen LogP contribution in [0.15, 0.2) is 237 Å². The molecular weight excluding hydrogens is 903 g/mol. The summed E-state index contributed by atoms with van der Waals surface area (Å²) in [4.78, 5) is 2.59. The predicted molar refractivity (Wildman–Crippen MR) is 317 cm³/mol. The van der Waals surface area contributed by atoms with E-state index in [1.165, 1.54) is 117 Å². The quantitative estimate of drug-likeness (QED) is 0.144. The molecule has 0 atom stereocenters. The Hall–Kier alpha value is -8.26. The van der Waals surface area contributed by atoms with Gasteiger partial charge in [0.15, 0.2) is 0 Å². The van der Waals surface area contributed by atoms with Gasteiger partial charge >= 0.3 is 0 Å². The first-order valence-electron chi connectivity index (χ1n) is 27.0. The Balaban J connectivity index is 1.08. The second-order valence-electron chi connectivity index (χ2n) is 23.4. The fraction of sp³-hybridized carbons (Fsp3) is 0.162. The standard InChI is InChI=1S/C74H61N/c1-71(2)41-42-72(3,4)69-44-50(35-40-66(69)71)62-46-63-59-30-18-20-32-65(59)74(51-22-9-7-10-23-51,52-24-11-8-12-25-52)68(63)47-70(62)75(54-38-39-60-58-29-17-19-31-64(58)73(5,6)67(60)45-54)53-36-33-48(34-37-53)61-43-49-21-13-14-26-55(49)56-27-15-16-28-57(56)61/h7-40,43-47H,41-42H2,1-6H3. The van der Waals surface area contributed by atoms with Gasteiger partial charge in [0.05, 0.1) is 11.1 Å². The van der Waals surface area contributed by atoms with Crippen LogP contribution in [-0.2, 0) is 21.7 Å². The fourth-order valence-electron chi connectivity index (χ4n) is 14.0. The fourth-order valence-corrected chi connectivity index (χ4v) is 14.0. The molecule has 0 saturated carbocycles. The van der Waals surface area contributed by atoms with E-state index in [9.17, 15) is 0 Å². The van der Waals surface area contributed by atoms with E-state index in [-0.39, 0.29) is 16.2 Å². The lowest BCUT2D eigenvalue weighted by Crippen LogP contribution is -2.33. The first-order valence-corrected chi connectivity index (χ1v) is 27.0. The maximum atomic E-state index is 2.59. The highest BCUT2D eigenvalue weighted by Crippen LogP contribution is 2.60. The minimum Gasteiger partial charge on any atom is -0.310 e. The summed E-state index contributed by atoms with van der Waals surface area (Å²) < 4.78 is 0. The topological polar surface area (TPSA) is 3.24 Å². The molecule has 0 aliphatic heterocycles. The molecule has 0 saturated heterocycles. The van der Waals surface area contributed by atoms with Gasteiger partial charge in [-0.1, -0.05) is 236 Å². The Morgan fingerprint density at radius 3 is 1.56 bits per heavy atom. The summed E-state index contributed by atoms with van der Waals surface area (Å²) in [6.45, 7) is 14.6. The molecule has 0 amide bonds. The van der Waals surface area contributed by atoms with Crippen molar-refractivity contribution in [2.45, 2.75) is 76.0 Å². The molecule has 75 heavy (non-hydrogen) atoms. The van der Waals surface area contributed by atoms with Crippen molar-refractivity contribution >= 4 is 38.6 Å². The summed E-state index contributed by atoms with van der Waals surface area (Å²) in [6.07, 6.45) is 2.32. The van der Waals surface area contributed by atoms with E-state index >= 15 is 0 Å². The summed E-state index contributed by atoms with van der Waals surface area (Å²) in [6, 6.07) is 90.2. The first-order chi connectivity index (χ1) is 36.4. The minimum atomic E-state index is -0.585. The van der Waals surface area contributed by atoms with Gasteiger partial charge in [-0.15, -0.1) is 0 Å². The average molecular weight is 964 g/mol. The molecule has 11 aromatic rings. The molecular formula is C74H61N. The highest BCUT2D eigenvalue weighted by molar-refractivity contribution is 6.14. The molecule has 3 aliphatic carbocycles. The second-order valence-corrected chi connectivity index (χ2v) is 23.4. The lowest BCUT2D eigenvalue weighted by molar-refractivity contribution is 0.332. The maximum absolute atomic E-state index is 2.59. The molecule has 0 aromatic heterocycles. The van der Waals surface area contributed by atoms with Gasteiger partial charge in [0.2, 0.25) is 0 Å². The molecule has 0 spiro atoms. The third-order valence-electron chi connectivity index (χ3n) is 18.0. The average Bonchev–Trinajstić information content (AvgIpc) is 3.99. The molecule has 11 aromatic carbocycles. The van der Waals surface area contributed by atoms with E-state index in [2.05, 4.69) is 283 Å². The third-order valence-corrected chi connectivity index (χ3v) is 18.0. The van der Waals surface area contributed by atoms with E-state index in [4.69, 9.17) is 0 Å². The normalized spacial score (nSPS) is 15.9. The van der Waals surface area contributed by atoms with Gasteiger partial charge in [-0.2, -0.15) is 0 Å². The van der Waals surface area contributed by atoms with E-state index in [0.717, 1.165) is 23.5 Å². The van der Waals surface area contributed by atoms with Crippen LogP contribution in [0.1, 0.15) is 98.9 Å². The SMILES string of the molecule is CC1(C)CCC(C)(C)c2cc(-c3cc4c(cc3N(c3ccc(-c5cc6ccccc6c6ccccc56)cc3)c3ccc5c(c3)C(C)(C)c3ccccc3-5)C(c3ccccc3)(c3ccccc3)c3ccccc3-4)ccc21. The smallest absolute Gasteiger partial charge is 0.0714 e. The van der Waals surface area contributed by atoms with E-state index in [1.807, 2.05) is 0 Å². The van der Waals surface area contributed by atoms with Gasteiger partial charge in [-0.3, -0.25) is 0 Å². The van der Waals surface area contributed by atoms with Crippen LogP contribution in [-0.4, -0.2) is 0 Å². The molecule has 362 valence electrons. The molecule has 0 bridgehead atoms. The van der Waals surface area contributed by atoms with Gasteiger partial charge in [-0.05, 0) is 171 Å². The van der Waals surface area contributed by atoms with Crippen LogP contribution in [0.25, 0.3) is 66.1 Å². The summed E-state index contributed by atoms with van der Waals surface area (Å²) in [5.74, 6) is 0. The van der Waals surface area contributed by atoms with Crippen molar-refractivity contribution in [2.24, 2.45) is 0 Å². The highest BCUT2D eigenvalue weighted by atomic mass is 15.1. The molecule has 0 unspecified atom stereocenters. The zero-order valence-electron chi connectivity index (χ0n) is 43.9. The molecule has 0 heterocycles. The van der Waals surface area contributed by atoms with Crippen molar-refractivity contribution in [1.29, 1.82) is 0 Å². The number of hydrogen-bond donors (Lipinski definition) is 0. The van der Waals surface area contributed by atoms with E-state index in [0.29, 0.717) is 0 Å². The lowest BCUT2D eigenvalue weighted by atomic mass is 9.63. The number of nitrogens with zero attached hydrogens (tertiary/aromatic N) is 1. The number of hydrogen-bond acceptors (Lipinski definition) is 1. The number of rotatable bonds is 7. The van der Waals surface area contributed by atoms with Crippen LogP contribution in [0, 0.1) is 0 Å². The van der Waals surface area contributed by atoms with Crippen molar-refractivity contribution in [1.82, 2.24) is 0 Å². The zero-order valence-corrected chi connectivity index (χ0v) is 43.9. The van der Waals surface area contributed by atoms with E-state index in [1.54, 1.807) is 0 Å². The summed E-state index contributed by atoms with van der Waals surface area (Å²) in [5.41, 5.74) is 23.6. The van der Waals surface area contributed by atoms with Crippen molar-refractivity contribution in [3.05, 3.63) is 281 Å². The predicted octanol–water partition coefficient (Wildman–Crippen LogP) is 19.8. The molecule has 3 aliphatic rings. The Kier molecular flexibility index (Phi) is 10.1. The molecule has 1 heteroatoms. The van der Waals surface area contributed by atoms with E-state index < -0.39 is 5.41 Å². The monoisotopic (exact) mass is 963 g/mol. The summed E-state index contributed by atoms with van der Waals surface area (Å²) in [7, 11) is 0. The number of anilines is 3. The zero-order chi connectivity index (χ0) is 50.8. The van der Waals surface area contributed by atoms with Crippen molar-refractivity contribution in [3.63, 3.8) is 0 Å². The lowest BCUT2D eigenvalue weighted by Gasteiger charge is -2.42. The van der Waals surface area contributed by atoms with Crippen LogP contribution in [0.2, 0.25) is 0 Å². The van der Waals surface area contributed by atoms with Crippen LogP contribution < -0.4 is 4.90 Å². The molecule has 0 radical (unpaired) electrons. The van der Waals surface area contributed by atoms with Gasteiger partial charge < -0.3 is 4.90 Å². The van der Waals surface area contributed by atoms with Gasteiger partial charge in [0.1, 0.15) is 0 Å². The molecule has 1 nitrogen and oxygen atoms in total. The van der Waals surface area contributed by atoms with Gasteiger partial charge in [0.25, 0.3) is 0 Å². The maximum Gasteiger partial charge on any atom is 0.0714 e. The highest BCUT2D eigenvalue weighted by Gasteiger charge is 2.47. The second kappa shape index (κ2) is 16.6. The number of fused-ring (bicyclic) bond motifs is 10. The summed E-state index contributed by atoms with van der Waals surface area (Å²) in [5, 5.41) is 5.07. The Morgan fingerprint density at radius 2 is 0.853 bits per heavy atom. The van der Waals surface area contributed by atoms with Gasteiger partial charge in [-0.25, -0.2) is 0 Å². The Morgan fingerprint density at radius 1 is 0.307 bits per heavy atom. The Labute approximate surface area is 442 Å². The third kappa shape index (κ3) is 6.76. The molecule has 14 rings (SSSR count). The Bertz CT molecular complexity index is 4040. The molecule has 0 fully saturated rings. The van der Waals surface area contributed by atoms with Gasteiger partial charge in [0, 0.05) is 22.4 Å².